The third kappa shape index (κ3) is 4.21. The number of rotatable bonds is 5. The van der Waals surface area contributed by atoms with Gasteiger partial charge in [-0.3, -0.25) is 28.1 Å². The van der Waals surface area contributed by atoms with Gasteiger partial charge in [0.15, 0.2) is 10.9 Å². The molecule has 10 heteroatoms. The first kappa shape index (κ1) is 24.2. The minimum atomic E-state index is -0.826. The molecule has 4 aromatic rings. The number of hydrogen-bond donors (Lipinski definition) is 1. The highest BCUT2D eigenvalue weighted by Gasteiger charge is 2.27. The summed E-state index contributed by atoms with van der Waals surface area (Å²) in [5, 5.41) is -0.0707. The predicted octanol–water partition coefficient (Wildman–Crippen LogP) is 2.35. The molecule has 1 atom stereocenters. The highest BCUT2D eigenvalue weighted by Crippen LogP contribution is 2.28. The van der Waals surface area contributed by atoms with Gasteiger partial charge in [0, 0.05) is 14.1 Å². The molecule has 2 aromatic carbocycles. The molecular weight excluding hydrogens is 466 g/mol. The SMILES string of the molecule is Cc1cc(C)cc(-n2c(SC(C)C(=O)c3c(N)n(C)c(=O)n(C)c3=O)nc3ccccc3c2=O)c1. The third-order valence-corrected chi connectivity index (χ3v) is 6.87. The number of aryl methyl sites for hydroxylation is 2. The smallest absolute Gasteiger partial charge is 0.332 e. The molecular formula is C25H25N5O4S. The predicted molar refractivity (Wildman–Crippen MR) is 138 cm³/mol. The Balaban J connectivity index is 1.88. The highest BCUT2D eigenvalue weighted by molar-refractivity contribution is 8.00. The molecule has 2 N–H and O–H groups in total. The van der Waals surface area contributed by atoms with Crippen LogP contribution >= 0.6 is 11.8 Å². The van der Waals surface area contributed by atoms with Crippen molar-refractivity contribution in [1.82, 2.24) is 18.7 Å². The zero-order valence-corrected chi connectivity index (χ0v) is 20.8. The van der Waals surface area contributed by atoms with Crippen LogP contribution in [-0.2, 0) is 14.1 Å². The van der Waals surface area contributed by atoms with E-state index in [1.807, 2.05) is 32.0 Å². The number of nitrogen functional groups attached to an aromatic ring is 1. The topological polar surface area (TPSA) is 122 Å². The van der Waals surface area contributed by atoms with Gasteiger partial charge in [-0.1, -0.05) is 30.0 Å². The number of fused-ring (bicyclic) bond motifs is 1. The van der Waals surface area contributed by atoms with Crippen LogP contribution in [0.4, 0.5) is 5.82 Å². The Morgan fingerprint density at radius 1 is 0.971 bits per heavy atom. The number of anilines is 1. The van der Waals surface area contributed by atoms with Crippen LogP contribution in [0.25, 0.3) is 16.6 Å². The van der Waals surface area contributed by atoms with E-state index in [4.69, 9.17) is 5.73 Å². The largest absolute Gasteiger partial charge is 0.384 e. The molecule has 0 saturated carbocycles. The molecule has 2 heterocycles. The van der Waals surface area contributed by atoms with Crippen molar-refractivity contribution in [3.05, 3.63) is 90.3 Å². The van der Waals surface area contributed by atoms with Gasteiger partial charge in [0.25, 0.3) is 11.1 Å². The van der Waals surface area contributed by atoms with E-state index >= 15 is 0 Å². The maximum atomic E-state index is 13.5. The lowest BCUT2D eigenvalue weighted by Gasteiger charge is -2.18. The maximum Gasteiger partial charge on any atom is 0.332 e. The van der Waals surface area contributed by atoms with Crippen molar-refractivity contribution in [3.8, 4) is 5.69 Å². The van der Waals surface area contributed by atoms with E-state index in [0.717, 1.165) is 32.0 Å². The molecule has 180 valence electrons. The molecule has 4 rings (SSSR count). The van der Waals surface area contributed by atoms with E-state index in [9.17, 15) is 19.2 Å². The number of nitrogens with zero attached hydrogens (tertiary/aromatic N) is 4. The molecule has 0 aliphatic rings. The number of thioether (sulfide) groups is 1. The average Bonchev–Trinajstić information content (AvgIpc) is 2.81. The number of carbonyl (C=O) groups excluding carboxylic acids is 1. The van der Waals surface area contributed by atoms with Crippen molar-refractivity contribution in [2.45, 2.75) is 31.2 Å². The lowest BCUT2D eigenvalue weighted by atomic mass is 10.1. The van der Waals surface area contributed by atoms with Crippen molar-refractivity contribution < 1.29 is 4.79 Å². The standard InChI is InChI=1S/C25H25N5O4S/c1-13-10-14(2)12-16(11-13)30-22(32)17-8-6-7-9-18(17)27-24(30)35-15(3)20(31)19-21(26)28(4)25(34)29(5)23(19)33/h6-12,15H,26H2,1-5H3. The lowest BCUT2D eigenvalue weighted by Crippen LogP contribution is -2.42. The molecule has 0 aliphatic heterocycles. The van der Waals surface area contributed by atoms with Crippen LogP contribution in [0.5, 0.6) is 0 Å². The summed E-state index contributed by atoms with van der Waals surface area (Å²) in [6, 6.07) is 12.8. The first-order valence-corrected chi connectivity index (χ1v) is 11.8. The summed E-state index contributed by atoms with van der Waals surface area (Å²) in [6.45, 7) is 5.49. The summed E-state index contributed by atoms with van der Waals surface area (Å²) >= 11 is 1.05. The van der Waals surface area contributed by atoms with Gasteiger partial charge in [-0.15, -0.1) is 0 Å². The summed E-state index contributed by atoms with van der Waals surface area (Å²) in [5.41, 5.74) is 7.15. The van der Waals surface area contributed by atoms with Crippen molar-refractivity contribution >= 4 is 34.3 Å². The number of hydrogen-bond acceptors (Lipinski definition) is 7. The minimum Gasteiger partial charge on any atom is -0.384 e. The second-order valence-electron chi connectivity index (χ2n) is 8.49. The van der Waals surface area contributed by atoms with Gasteiger partial charge in [-0.05, 0) is 56.2 Å². The van der Waals surface area contributed by atoms with E-state index in [1.165, 1.54) is 18.7 Å². The molecule has 0 amide bonds. The van der Waals surface area contributed by atoms with Gasteiger partial charge in [0.2, 0.25) is 0 Å². The Hall–Kier alpha value is -3.92. The summed E-state index contributed by atoms with van der Waals surface area (Å²) < 4.78 is 3.39. The summed E-state index contributed by atoms with van der Waals surface area (Å²) in [4.78, 5) is 56.5. The molecule has 0 bridgehead atoms. The van der Waals surface area contributed by atoms with Crippen molar-refractivity contribution in [1.29, 1.82) is 0 Å². The fraction of sp³-hybridized carbons (Fsp3) is 0.240. The second kappa shape index (κ2) is 9.03. The first-order chi connectivity index (χ1) is 16.5. The molecule has 35 heavy (non-hydrogen) atoms. The molecule has 9 nitrogen and oxygen atoms in total. The Morgan fingerprint density at radius 3 is 2.26 bits per heavy atom. The number of ketones is 1. The summed E-state index contributed by atoms with van der Waals surface area (Å²) in [5.74, 6) is -0.758. The molecule has 2 aromatic heterocycles. The quantitative estimate of drug-likeness (QED) is 0.258. The molecule has 0 fully saturated rings. The Labute approximate surface area is 204 Å². The summed E-state index contributed by atoms with van der Waals surface area (Å²) in [6.07, 6.45) is 0. The zero-order chi connectivity index (χ0) is 25.6. The lowest BCUT2D eigenvalue weighted by molar-refractivity contribution is 0.0992. The van der Waals surface area contributed by atoms with Crippen LogP contribution < -0.4 is 22.5 Å². The normalized spacial score (nSPS) is 12.1. The fourth-order valence-corrected chi connectivity index (χ4v) is 4.99. The highest BCUT2D eigenvalue weighted by atomic mass is 32.2. The van der Waals surface area contributed by atoms with Crippen LogP contribution in [0.1, 0.15) is 28.4 Å². The van der Waals surface area contributed by atoms with Gasteiger partial charge in [-0.25, -0.2) is 9.78 Å². The first-order valence-electron chi connectivity index (χ1n) is 10.9. The molecule has 0 spiro atoms. The third-order valence-electron chi connectivity index (χ3n) is 5.82. The maximum absolute atomic E-state index is 13.5. The van der Waals surface area contributed by atoms with Gasteiger partial charge in [0.1, 0.15) is 11.4 Å². The monoisotopic (exact) mass is 491 g/mol. The number of para-hydroxylation sites is 1. The minimum absolute atomic E-state index is 0.200. The van der Waals surface area contributed by atoms with Gasteiger partial charge in [-0.2, -0.15) is 0 Å². The summed E-state index contributed by atoms with van der Waals surface area (Å²) in [7, 11) is 2.69. The van der Waals surface area contributed by atoms with E-state index < -0.39 is 22.3 Å². The molecule has 0 aliphatic carbocycles. The van der Waals surface area contributed by atoms with Crippen LogP contribution in [0.2, 0.25) is 0 Å². The Kier molecular flexibility index (Phi) is 6.25. The van der Waals surface area contributed by atoms with E-state index in [1.54, 1.807) is 31.2 Å². The van der Waals surface area contributed by atoms with Crippen molar-refractivity contribution in [2.75, 3.05) is 5.73 Å². The van der Waals surface area contributed by atoms with Gasteiger partial charge >= 0.3 is 5.69 Å². The Morgan fingerprint density at radius 2 is 1.60 bits per heavy atom. The van der Waals surface area contributed by atoms with E-state index in [-0.39, 0.29) is 16.9 Å². The van der Waals surface area contributed by atoms with E-state index in [2.05, 4.69) is 4.98 Å². The van der Waals surface area contributed by atoms with Crippen LogP contribution in [0.15, 0.2) is 62.0 Å². The second-order valence-corrected chi connectivity index (χ2v) is 9.80. The molecule has 1 unspecified atom stereocenters. The number of Topliss-reactive ketones (excluding diaryl/α,β-unsaturated/α-hetero) is 1. The number of aromatic nitrogens is 4. The van der Waals surface area contributed by atoms with E-state index in [0.29, 0.717) is 21.7 Å². The number of carbonyl (C=O) groups is 1. The fourth-order valence-electron chi connectivity index (χ4n) is 4.01. The van der Waals surface area contributed by atoms with Crippen LogP contribution in [0, 0.1) is 13.8 Å². The van der Waals surface area contributed by atoms with Gasteiger partial charge < -0.3 is 5.73 Å². The van der Waals surface area contributed by atoms with Crippen LogP contribution in [-0.4, -0.2) is 29.7 Å². The molecule has 0 saturated heterocycles. The van der Waals surface area contributed by atoms with Crippen molar-refractivity contribution in [3.63, 3.8) is 0 Å². The number of nitrogens with two attached hydrogens (primary N) is 1. The average molecular weight is 492 g/mol. The van der Waals surface area contributed by atoms with Crippen molar-refractivity contribution in [2.24, 2.45) is 14.1 Å². The van der Waals surface area contributed by atoms with Gasteiger partial charge in [0.05, 0.1) is 21.8 Å². The number of benzene rings is 2. The molecule has 0 radical (unpaired) electrons. The Bertz CT molecular complexity index is 1660. The zero-order valence-electron chi connectivity index (χ0n) is 20.0. The van der Waals surface area contributed by atoms with Crippen LogP contribution in [0.3, 0.4) is 0 Å².